The van der Waals surface area contributed by atoms with E-state index in [0.29, 0.717) is 10.9 Å². The van der Waals surface area contributed by atoms with Gasteiger partial charge >= 0.3 is 6.36 Å². The molecule has 0 aliphatic rings. The number of aromatic nitrogens is 4. The SMILES string of the molecule is CN(C)c1ccc(-n2nnnc2SCc2ccc(OC(F)(F)F)cc2)cc1. The van der Waals surface area contributed by atoms with Crippen LogP contribution < -0.4 is 9.64 Å². The van der Waals surface area contributed by atoms with Crippen molar-refractivity contribution >= 4 is 17.4 Å². The largest absolute Gasteiger partial charge is 0.573 e. The summed E-state index contributed by atoms with van der Waals surface area (Å²) >= 11 is 1.38. The molecule has 0 amide bonds. The Kier molecular flexibility index (Phi) is 5.54. The molecule has 0 saturated heterocycles. The third-order valence-electron chi connectivity index (χ3n) is 3.58. The number of nitrogens with zero attached hydrogens (tertiary/aromatic N) is 5. The first-order valence-electron chi connectivity index (χ1n) is 7.85. The van der Waals surface area contributed by atoms with Gasteiger partial charge in [-0.05, 0) is 52.4 Å². The zero-order valence-electron chi connectivity index (χ0n) is 14.5. The first kappa shape index (κ1) is 19.0. The van der Waals surface area contributed by atoms with Crippen LogP contribution in [0, 0.1) is 0 Å². The van der Waals surface area contributed by atoms with Gasteiger partial charge in [0.05, 0.1) is 5.69 Å². The van der Waals surface area contributed by atoms with Crippen LogP contribution in [0.5, 0.6) is 5.75 Å². The summed E-state index contributed by atoms with van der Waals surface area (Å²) in [7, 11) is 3.91. The maximum Gasteiger partial charge on any atom is 0.573 e. The van der Waals surface area contributed by atoms with Gasteiger partial charge in [0.15, 0.2) is 0 Å². The van der Waals surface area contributed by atoms with Gasteiger partial charge in [0, 0.05) is 25.5 Å². The first-order valence-corrected chi connectivity index (χ1v) is 8.84. The molecule has 0 saturated carbocycles. The van der Waals surface area contributed by atoms with Crippen molar-refractivity contribution in [3.8, 4) is 11.4 Å². The van der Waals surface area contributed by atoms with Crippen LogP contribution in [0.15, 0.2) is 53.7 Å². The Balaban J connectivity index is 1.66. The number of anilines is 1. The van der Waals surface area contributed by atoms with Gasteiger partial charge in [0.2, 0.25) is 5.16 Å². The Morgan fingerprint density at radius 1 is 1.04 bits per heavy atom. The molecule has 10 heteroatoms. The lowest BCUT2D eigenvalue weighted by atomic mass is 10.2. The minimum absolute atomic E-state index is 0.248. The summed E-state index contributed by atoms with van der Waals surface area (Å²) in [5.41, 5.74) is 2.70. The number of ether oxygens (including phenoxy) is 1. The van der Waals surface area contributed by atoms with Crippen LogP contribution in [-0.2, 0) is 5.75 Å². The van der Waals surface area contributed by atoms with Gasteiger partial charge < -0.3 is 9.64 Å². The Labute approximate surface area is 157 Å². The Morgan fingerprint density at radius 2 is 1.70 bits per heavy atom. The van der Waals surface area contributed by atoms with E-state index in [1.165, 1.54) is 23.9 Å². The lowest BCUT2D eigenvalue weighted by Crippen LogP contribution is -2.16. The van der Waals surface area contributed by atoms with E-state index in [9.17, 15) is 13.2 Å². The second kappa shape index (κ2) is 7.87. The van der Waals surface area contributed by atoms with E-state index in [4.69, 9.17) is 0 Å². The van der Waals surface area contributed by atoms with Gasteiger partial charge in [-0.1, -0.05) is 23.9 Å². The minimum Gasteiger partial charge on any atom is -0.406 e. The van der Waals surface area contributed by atoms with E-state index in [0.717, 1.165) is 16.9 Å². The molecular weight excluding hydrogens is 379 g/mol. The summed E-state index contributed by atoms with van der Waals surface area (Å²) in [5.74, 6) is 0.254. The lowest BCUT2D eigenvalue weighted by Gasteiger charge is -2.12. The molecule has 0 spiro atoms. The van der Waals surface area contributed by atoms with Gasteiger partial charge in [0.25, 0.3) is 0 Å². The summed E-state index contributed by atoms with van der Waals surface area (Å²) in [6, 6.07) is 13.5. The van der Waals surface area contributed by atoms with E-state index < -0.39 is 6.36 Å². The summed E-state index contributed by atoms with van der Waals surface area (Å²) in [5, 5.41) is 12.3. The zero-order valence-corrected chi connectivity index (χ0v) is 15.3. The summed E-state index contributed by atoms with van der Waals surface area (Å²) < 4.78 is 42.1. The summed E-state index contributed by atoms with van der Waals surface area (Å²) in [4.78, 5) is 1.99. The number of hydrogen-bond acceptors (Lipinski definition) is 6. The van der Waals surface area contributed by atoms with Crippen LogP contribution in [0.4, 0.5) is 18.9 Å². The molecule has 0 N–H and O–H groups in total. The molecular formula is C17H16F3N5OS. The average Bonchev–Trinajstić information content (AvgIpc) is 3.08. The maximum absolute atomic E-state index is 12.2. The van der Waals surface area contributed by atoms with Crippen molar-refractivity contribution in [2.45, 2.75) is 17.3 Å². The van der Waals surface area contributed by atoms with Crippen LogP contribution in [0.1, 0.15) is 5.56 Å². The van der Waals surface area contributed by atoms with Gasteiger partial charge in [0.1, 0.15) is 5.75 Å². The van der Waals surface area contributed by atoms with Gasteiger partial charge in [-0.3, -0.25) is 0 Å². The van der Waals surface area contributed by atoms with Crippen molar-refractivity contribution in [3.63, 3.8) is 0 Å². The number of alkyl halides is 3. The second-order valence-corrected chi connectivity index (χ2v) is 6.71. The van der Waals surface area contributed by atoms with E-state index in [-0.39, 0.29) is 5.75 Å². The van der Waals surface area contributed by atoms with Gasteiger partial charge in [-0.25, -0.2) is 0 Å². The number of thioether (sulfide) groups is 1. The van der Waals surface area contributed by atoms with Crippen LogP contribution in [0.3, 0.4) is 0 Å². The quantitative estimate of drug-likeness (QED) is 0.590. The van der Waals surface area contributed by atoms with Crippen LogP contribution in [0.2, 0.25) is 0 Å². The monoisotopic (exact) mass is 395 g/mol. The molecule has 2 aromatic carbocycles. The molecule has 142 valence electrons. The van der Waals surface area contributed by atoms with E-state index >= 15 is 0 Å². The molecule has 3 aromatic rings. The molecule has 0 atom stereocenters. The number of rotatable bonds is 6. The van der Waals surface area contributed by atoms with E-state index in [1.807, 2.05) is 43.3 Å². The highest BCUT2D eigenvalue weighted by molar-refractivity contribution is 7.98. The third kappa shape index (κ3) is 5.13. The molecule has 27 heavy (non-hydrogen) atoms. The van der Waals surface area contributed by atoms with Gasteiger partial charge in [-0.2, -0.15) is 4.68 Å². The average molecular weight is 395 g/mol. The van der Waals surface area contributed by atoms with Crippen molar-refractivity contribution in [2.75, 3.05) is 19.0 Å². The lowest BCUT2D eigenvalue weighted by molar-refractivity contribution is -0.274. The Bertz CT molecular complexity index is 879. The second-order valence-electron chi connectivity index (χ2n) is 5.76. The van der Waals surface area contributed by atoms with Crippen molar-refractivity contribution in [1.82, 2.24) is 20.2 Å². The smallest absolute Gasteiger partial charge is 0.406 e. The predicted molar refractivity (Wildman–Crippen MR) is 96.2 cm³/mol. The molecule has 3 rings (SSSR count). The Morgan fingerprint density at radius 3 is 2.30 bits per heavy atom. The fourth-order valence-electron chi connectivity index (χ4n) is 2.26. The van der Waals surface area contributed by atoms with Crippen molar-refractivity contribution < 1.29 is 17.9 Å². The number of hydrogen-bond donors (Lipinski definition) is 0. The molecule has 0 bridgehead atoms. The topological polar surface area (TPSA) is 56.1 Å². The van der Waals surface area contributed by atoms with E-state index in [1.54, 1.807) is 16.8 Å². The number of halogens is 3. The molecule has 1 aromatic heterocycles. The highest BCUT2D eigenvalue weighted by Crippen LogP contribution is 2.26. The fourth-order valence-corrected chi connectivity index (χ4v) is 3.10. The molecule has 0 aliphatic heterocycles. The summed E-state index contributed by atoms with van der Waals surface area (Å²) in [6.45, 7) is 0. The zero-order chi connectivity index (χ0) is 19.4. The van der Waals surface area contributed by atoms with Crippen LogP contribution >= 0.6 is 11.8 Å². The third-order valence-corrected chi connectivity index (χ3v) is 4.57. The fraction of sp³-hybridized carbons (Fsp3) is 0.235. The van der Waals surface area contributed by atoms with Crippen molar-refractivity contribution in [3.05, 3.63) is 54.1 Å². The molecule has 0 radical (unpaired) electrons. The summed E-state index contributed by atoms with van der Waals surface area (Å²) in [6.07, 6.45) is -4.69. The predicted octanol–water partition coefficient (Wildman–Crippen LogP) is 3.92. The van der Waals surface area contributed by atoms with Crippen LogP contribution in [-0.4, -0.2) is 40.7 Å². The molecule has 0 unspecified atom stereocenters. The van der Waals surface area contributed by atoms with E-state index in [2.05, 4.69) is 20.3 Å². The molecule has 6 nitrogen and oxygen atoms in total. The normalized spacial score (nSPS) is 11.4. The first-order chi connectivity index (χ1) is 12.8. The highest BCUT2D eigenvalue weighted by Gasteiger charge is 2.30. The van der Waals surface area contributed by atoms with Crippen molar-refractivity contribution in [1.29, 1.82) is 0 Å². The molecule has 1 heterocycles. The van der Waals surface area contributed by atoms with Crippen LogP contribution in [0.25, 0.3) is 5.69 Å². The highest BCUT2D eigenvalue weighted by atomic mass is 32.2. The minimum atomic E-state index is -4.69. The van der Waals surface area contributed by atoms with Gasteiger partial charge in [-0.15, -0.1) is 18.3 Å². The Hall–Kier alpha value is -2.75. The molecule has 0 aliphatic carbocycles. The number of benzene rings is 2. The maximum atomic E-state index is 12.2. The standard InChI is InChI=1S/C17H16F3N5OS/c1-24(2)13-5-7-14(8-6-13)25-16(21-22-23-25)27-11-12-3-9-15(10-4-12)26-17(18,19)20/h3-10H,11H2,1-2H3. The van der Waals surface area contributed by atoms with Crippen molar-refractivity contribution in [2.24, 2.45) is 0 Å². The molecule has 0 fully saturated rings. The number of tetrazole rings is 1.